The first-order valence-corrected chi connectivity index (χ1v) is 6.44. The third-order valence-corrected chi connectivity index (χ3v) is 3.40. The quantitative estimate of drug-likeness (QED) is 0.746. The number of hydrogen-bond donors (Lipinski definition) is 1. The van der Waals surface area contributed by atoms with E-state index in [9.17, 15) is 0 Å². The second-order valence-electron chi connectivity index (χ2n) is 4.81. The fraction of sp³-hybridized carbons (Fsp3) is 0.333. The first-order valence-electron chi connectivity index (χ1n) is 6.44. The number of aromatic nitrogens is 5. The van der Waals surface area contributed by atoms with Gasteiger partial charge in [-0.05, 0) is 12.1 Å². The topological polar surface area (TPSA) is 84.4 Å². The van der Waals surface area contributed by atoms with Crippen LogP contribution in [0.25, 0.3) is 5.65 Å². The van der Waals surface area contributed by atoms with E-state index in [1.54, 1.807) is 23.3 Å². The number of anilines is 2. The van der Waals surface area contributed by atoms with Crippen LogP contribution in [0.3, 0.4) is 0 Å². The first-order chi connectivity index (χ1) is 9.88. The number of rotatable bonds is 4. The summed E-state index contributed by atoms with van der Waals surface area (Å²) in [6.45, 7) is 2.79. The molecule has 0 bridgehead atoms. The molecule has 0 atom stereocenters. The highest BCUT2D eigenvalue weighted by Gasteiger charge is 2.28. The molecular formula is C12H13N7O. The Bertz CT molecular complexity index is 702. The summed E-state index contributed by atoms with van der Waals surface area (Å²) in [5.41, 5.74) is 0.761. The summed E-state index contributed by atoms with van der Waals surface area (Å²) in [4.78, 5) is 6.25. The van der Waals surface area contributed by atoms with Gasteiger partial charge in [-0.15, -0.1) is 15.3 Å². The molecule has 1 aliphatic rings. The predicted molar refractivity (Wildman–Crippen MR) is 71.5 cm³/mol. The second-order valence-corrected chi connectivity index (χ2v) is 4.81. The summed E-state index contributed by atoms with van der Waals surface area (Å²) in [5.74, 6) is 1.52. The molecule has 1 aliphatic heterocycles. The molecule has 20 heavy (non-hydrogen) atoms. The highest BCUT2D eigenvalue weighted by atomic mass is 16.4. The molecule has 1 fully saturated rings. The van der Waals surface area contributed by atoms with Gasteiger partial charge < -0.3 is 14.6 Å². The molecule has 102 valence electrons. The highest BCUT2D eigenvalue weighted by Crippen LogP contribution is 2.22. The van der Waals surface area contributed by atoms with E-state index >= 15 is 0 Å². The average molecular weight is 271 g/mol. The molecule has 1 N–H and O–H groups in total. The Kier molecular flexibility index (Phi) is 2.51. The van der Waals surface area contributed by atoms with Crippen molar-refractivity contribution in [2.75, 3.05) is 29.9 Å². The van der Waals surface area contributed by atoms with Crippen molar-refractivity contribution < 1.29 is 4.42 Å². The summed E-state index contributed by atoms with van der Waals surface area (Å²) >= 11 is 0. The van der Waals surface area contributed by atoms with Gasteiger partial charge in [0.1, 0.15) is 18.4 Å². The predicted octanol–water partition coefficient (Wildman–Crippen LogP) is 0.661. The van der Waals surface area contributed by atoms with Crippen LogP contribution in [-0.2, 0) is 0 Å². The van der Waals surface area contributed by atoms with Crippen LogP contribution in [-0.4, -0.2) is 44.4 Å². The van der Waals surface area contributed by atoms with Gasteiger partial charge in [0.2, 0.25) is 0 Å². The van der Waals surface area contributed by atoms with Gasteiger partial charge in [-0.3, -0.25) is 0 Å². The SMILES string of the molecule is c1coc(NCC2CN(c3ccc4nncn4n3)C2)n1. The molecule has 4 rings (SSSR count). The van der Waals surface area contributed by atoms with Crippen LogP contribution < -0.4 is 10.2 Å². The molecule has 3 aromatic rings. The van der Waals surface area contributed by atoms with E-state index in [2.05, 4.69) is 30.5 Å². The molecule has 0 saturated carbocycles. The summed E-state index contributed by atoms with van der Waals surface area (Å²) in [6.07, 6.45) is 4.81. The Hall–Kier alpha value is -2.64. The zero-order valence-electron chi connectivity index (χ0n) is 10.7. The molecule has 3 aromatic heterocycles. The Balaban J connectivity index is 1.35. The van der Waals surface area contributed by atoms with Crippen molar-refractivity contribution in [3.8, 4) is 0 Å². The molecule has 8 heteroatoms. The van der Waals surface area contributed by atoms with Crippen LogP contribution in [0.4, 0.5) is 11.8 Å². The summed E-state index contributed by atoms with van der Waals surface area (Å²) in [7, 11) is 0. The average Bonchev–Trinajstić information content (AvgIpc) is 3.07. The maximum Gasteiger partial charge on any atom is 0.294 e. The second kappa shape index (κ2) is 4.48. The molecule has 0 amide bonds. The fourth-order valence-electron chi connectivity index (χ4n) is 2.32. The smallest absolute Gasteiger partial charge is 0.294 e. The largest absolute Gasteiger partial charge is 0.432 e. The van der Waals surface area contributed by atoms with E-state index < -0.39 is 0 Å². The van der Waals surface area contributed by atoms with Crippen LogP contribution >= 0.6 is 0 Å². The van der Waals surface area contributed by atoms with Crippen molar-refractivity contribution in [2.24, 2.45) is 5.92 Å². The lowest BCUT2D eigenvalue weighted by Crippen LogP contribution is -2.50. The molecule has 0 aromatic carbocycles. The lowest BCUT2D eigenvalue weighted by Gasteiger charge is -2.39. The highest BCUT2D eigenvalue weighted by molar-refractivity contribution is 5.46. The van der Waals surface area contributed by atoms with Gasteiger partial charge >= 0.3 is 0 Å². The molecule has 0 radical (unpaired) electrons. The normalized spacial score (nSPS) is 15.5. The standard InChI is InChI=1S/C12H13N7O/c1-2-11(17-19-8-15-16-10(1)19)18-6-9(7-18)5-14-12-13-3-4-20-12/h1-4,8-9H,5-7H2,(H,13,14). The number of fused-ring (bicyclic) bond motifs is 1. The van der Waals surface area contributed by atoms with Gasteiger partial charge in [0, 0.05) is 25.6 Å². The Morgan fingerprint density at radius 2 is 2.30 bits per heavy atom. The fourth-order valence-corrected chi connectivity index (χ4v) is 2.32. The molecule has 0 aliphatic carbocycles. The minimum absolute atomic E-state index is 0.570. The van der Waals surface area contributed by atoms with Crippen molar-refractivity contribution in [1.82, 2.24) is 24.8 Å². The zero-order valence-corrected chi connectivity index (χ0v) is 10.7. The van der Waals surface area contributed by atoms with Crippen LogP contribution in [0.1, 0.15) is 0 Å². The summed E-state index contributed by atoms with van der Waals surface area (Å²) in [5, 5.41) is 15.4. The Morgan fingerprint density at radius 1 is 1.35 bits per heavy atom. The van der Waals surface area contributed by atoms with Crippen molar-refractivity contribution >= 4 is 17.5 Å². The Morgan fingerprint density at radius 3 is 3.15 bits per heavy atom. The molecule has 4 heterocycles. The molecule has 1 saturated heterocycles. The van der Waals surface area contributed by atoms with Crippen molar-refractivity contribution in [3.05, 3.63) is 30.9 Å². The maximum absolute atomic E-state index is 5.14. The van der Waals surface area contributed by atoms with Crippen LogP contribution in [0.5, 0.6) is 0 Å². The first kappa shape index (κ1) is 11.2. The molecule has 8 nitrogen and oxygen atoms in total. The van der Waals surface area contributed by atoms with Gasteiger partial charge in [-0.2, -0.15) is 4.52 Å². The van der Waals surface area contributed by atoms with E-state index in [1.807, 2.05) is 12.1 Å². The minimum Gasteiger partial charge on any atom is -0.432 e. The van der Waals surface area contributed by atoms with Crippen LogP contribution in [0.15, 0.2) is 35.3 Å². The monoisotopic (exact) mass is 271 g/mol. The van der Waals surface area contributed by atoms with Gasteiger partial charge in [-0.1, -0.05) is 0 Å². The number of nitrogens with zero attached hydrogens (tertiary/aromatic N) is 6. The lowest BCUT2D eigenvalue weighted by atomic mass is 10.0. The number of nitrogens with one attached hydrogen (secondary N) is 1. The van der Waals surface area contributed by atoms with Gasteiger partial charge in [0.15, 0.2) is 5.65 Å². The lowest BCUT2D eigenvalue weighted by molar-refractivity contribution is 0.419. The van der Waals surface area contributed by atoms with Gasteiger partial charge in [0.25, 0.3) is 6.01 Å². The maximum atomic E-state index is 5.14. The van der Waals surface area contributed by atoms with Gasteiger partial charge in [0.05, 0.1) is 6.20 Å². The van der Waals surface area contributed by atoms with Crippen LogP contribution in [0.2, 0.25) is 0 Å². The summed E-state index contributed by atoms with van der Waals surface area (Å²) in [6, 6.07) is 4.47. The van der Waals surface area contributed by atoms with Gasteiger partial charge in [-0.25, -0.2) is 4.98 Å². The van der Waals surface area contributed by atoms with E-state index in [1.165, 1.54) is 0 Å². The Labute approximate surface area is 114 Å². The summed E-state index contributed by atoms with van der Waals surface area (Å²) < 4.78 is 6.83. The molecule has 0 spiro atoms. The van der Waals surface area contributed by atoms with E-state index in [0.29, 0.717) is 11.9 Å². The molecule has 0 unspecified atom stereocenters. The van der Waals surface area contributed by atoms with E-state index in [4.69, 9.17) is 4.42 Å². The molecular weight excluding hydrogens is 258 g/mol. The minimum atomic E-state index is 0.570. The van der Waals surface area contributed by atoms with E-state index in [0.717, 1.165) is 31.1 Å². The van der Waals surface area contributed by atoms with E-state index in [-0.39, 0.29) is 0 Å². The van der Waals surface area contributed by atoms with Crippen molar-refractivity contribution in [2.45, 2.75) is 0 Å². The third kappa shape index (κ3) is 1.94. The van der Waals surface area contributed by atoms with Crippen LogP contribution in [0, 0.1) is 5.92 Å². The zero-order chi connectivity index (χ0) is 13.4. The number of hydrogen-bond acceptors (Lipinski definition) is 7. The van der Waals surface area contributed by atoms with Crippen molar-refractivity contribution in [3.63, 3.8) is 0 Å². The van der Waals surface area contributed by atoms with Crippen molar-refractivity contribution in [1.29, 1.82) is 0 Å². The number of oxazole rings is 1. The third-order valence-electron chi connectivity index (χ3n) is 3.40.